The minimum atomic E-state index is -0.837. The molecule has 0 spiro atoms. The van der Waals surface area contributed by atoms with Crippen molar-refractivity contribution in [3.63, 3.8) is 0 Å². The minimum absolute atomic E-state index is 0.0448. The zero-order valence-corrected chi connectivity index (χ0v) is 14.2. The molecule has 2 aliphatic heterocycles. The quantitative estimate of drug-likeness (QED) is 0.865. The van der Waals surface area contributed by atoms with E-state index >= 15 is 0 Å². The minimum Gasteiger partial charge on any atom is -0.481 e. The molecule has 0 fully saturated rings. The van der Waals surface area contributed by atoms with Gasteiger partial charge in [-0.1, -0.05) is 6.07 Å². The van der Waals surface area contributed by atoms with E-state index in [0.717, 1.165) is 17.0 Å². The van der Waals surface area contributed by atoms with Gasteiger partial charge in [0.2, 0.25) is 12.7 Å². The third-order valence-electron chi connectivity index (χ3n) is 4.59. The fourth-order valence-corrected chi connectivity index (χ4v) is 3.23. The van der Waals surface area contributed by atoms with Crippen molar-refractivity contribution in [2.75, 3.05) is 13.3 Å². The van der Waals surface area contributed by atoms with E-state index in [9.17, 15) is 9.59 Å². The average molecular weight is 357 g/mol. The van der Waals surface area contributed by atoms with Crippen LogP contribution in [0.4, 0.5) is 0 Å². The number of aryl methyl sites for hydroxylation is 1. The van der Waals surface area contributed by atoms with E-state index in [0.29, 0.717) is 44.0 Å². The molecular weight excluding hydrogens is 338 g/mol. The third-order valence-corrected chi connectivity index (χ3v) is 4.59. The highest BCUT2D eigenvalue weighted by atomic mass is 16.7. The summed E-state index contributed by atoms with van der Waals surface area (Å²) in [6.45, 7) is 1.92. The van der Waals surface area contributed by atoms with Gasteiger partial charge in [0.1, 0.15) is 0 Å². The molecule has 1 aromatic heterocycles. The number of carboxylic acid groups (broad SMARTS) is 1. The van der Waals surface area contributed by atoms with E-state index in [1.54, 1.807) is 0 Å². The van der Waals surface area contributed by atoms with E-state index < -0.39 is 5.97 Å². The van der Waals surface area contributed by atoms with Crippen LogP contribution in [0.5, 0.6) is 11.5 Å². The first-order valence-corrected chi connectivity index (χ1v) is 8.52. The molecule has 136 valence electrons. The SMILES string of the molecule is O=C(O)CCc1cc2n(n1)CCN(C(=O)Cc1ccc3c(c1)OCO3)C2. The Kier molecular flexibility index (Phi) is 4.24. The van der Waals surface area contributed by atoms with Crippen molar-refractivity contribution < 1.29 is 24.2 Å². The Morgan fingerprint density at radius 1 is 1.15 bits per heavy atom. The molecule has 0 saturated heterocycles. The number of carbonyl (C=O) groups is 2. The summed E-state index contributed by atoms with van der Waals surface area (Å²) in [5.41, 5.74) is 2.59. The van der Waals surface area contributed by atoms with Gasteiger partial charge in [-0.2, -0.15) is 5.10 Å². The normalized spacial score (nSPS) is 15.0. The van der Waals surface area contributed by atoms with Crippen LogP contribution >= 0.6 is 0 Å². The largest absolute Gasteiger partial charge is 0.481 e. The number of ether oxygens (including phenoxy) is 2. The zero-order chi connectivity index (χ0) is 18.1. The van der Waals surface area contributed by atoms with Crippen LogP contribution in [0.2, 0.25) is 0 Å². The molecule has 8 nitrogen and oxygen atoms in total. The lowest BCUT2D eigenvalue weighted by atomic mass is 10.1. The summed E-state index contributed by atoms with van der Waals surface area (Å²) in [5.74, 6) is 0.590. The molecule has 0 atom stereocenters. The number of carboxylic acids is 1. The molecule has 2 aromatic rings. The standard InChI is InChI=1S/C18H19N3O5/c22-17(8-12-1-3-15-16(7-12)26-11-25-15)20-5-6-21-14(10-20)9-13(19-21)2-4-18(23)24/h1,3,7,9H,2,4-6,8,10-11H2,(H,23,24). The number of aromatic nitrogens is 2. The number of amides is 1. The number of rotatable bonds is 5. The maximum atomic E-state index is 12.6. The van der Waals surface area contributed by atoms with Gasteiger partial charge in [-0.3, -0.25) is 14.3 Å². The number of nitrogens with zero attached hydrogens (tertiary/aromatic N) is 3. The van der Waals surface area contributed by atoms with Crippen LogP contribution in [0.3, 0.4) is 0 Å². The molecule has 0 aliphatic carbocycles. The number of fused-ring (bicyclic) bond motifs is 2. The Labute approximate surface area is 149 Å². The molecule has 8 heteroatoms. The van der Waals surface area contributed by atoms with Gasteiger partial charge in [0.15, 0.2) is 11.5 Å². The number of hydrogen-bond donors (Lipinski definition) is 1. The second-order valence-corrected chi connectivity index (χ2v) is 6.42. The van der Waals surface area contributed by atoms with Crippen molar-refractivity contribution in [3.05, 3.63) is 41.2 Å². The first-order valence-electron chi connectivity index (χ1n) is 8.52. The van der Waals surface area contributed by atoms with Crippen LogP contribution in [-0.2, 0) is 35.5 Å². The van der Waals surface area contributed by atoms with Gasteiger partial charge in [-0.15, -0.1) is 0 Å². The van der Waals surface area contributed by atoms with Crippen LogP contribution in [-0.4, -0.2) is 45.0 Å². The van der Waals surface area contributed by atoms with Crippen LogP contribution < -0.4 is 9.47 Å². The predicted molar refractivity (Wildman–Crippen MR) is 89.9 cm³/mol. The van der Waals surface area contributed by atoms with E-state index in [-0.39, 0.29) is 19.1 Å². The summed E-state index contributed by atoms with van der Waals surface area (Å²) in [6, 6.07) is 7.44. The zero-order valence-electron chi connectivity index (χ0n) is 14.2. The topological polar surface area (TPSA) is 93.9 Å². The predicted octanol–water partition coefficient (Wildman–Crippen LogP) is 1.21. The molecule has 3 heterocycles. The molecule has 1 amide bonds. The van der Waals surface area contributed by atoms with E-state index in [1.165, 1.54) is 0 Å². The molecule has 1 aromatic carbocycles. The lowest BCUT2D eigenvalue weighted by Crippen LogP contribution is -2.39. The van der Waals surface area contributed by atoms with E-state index in [1.807, 2.05) is 33.8 Å². The maximum absolute atomic E-state index is 12.6. The Balaban J connectivity index is 1.40. The van der Waals surface area contributed by atoms with E-state index in [2.05, 4.69) is 5.10 Å². The van der Waals surface area contributed by atoms with Crippen molar-refractivity contribution in [2.24, 2.45) is 0 Å². The number of aliphatic carboxylic acids is 1. The van der Waals surface area contributed by atoms with Crippen molar-refractivity contribution in [1.82, 2.24) is 14.7 Å². The van der Waals surface area contributed by atoms with Gasteiger partial charge >= 0.3 is 5.97 Å². The third kappa shape index (κ3) is 3.35. The molecular formula is C18H19N3O5. The van der Waals surface area contributed by atoms with Crippen LogP contribution in [0.25, 0.3) is 0 Å². The molecule has 1 N–H and O–H groups in total. The first-order chi connectivity index (χ1) is 12.6. The Morgan fingerprint density at radius 3 is 2.85 bits per heavy atom. The lowest BCUT2D eigenvalue weighted by Gasteiger charge is -2.27. The van der Waals surface area contributed by atoms with E-state index in [4.69, 9.17) is 14.6 Å². The number of carbonyl (C=O) groups excluding carboxylic acids is 1. The van der Waals surface area contributed by atoms with Crippen molar-refractivity contribution in [3.8, 4) is 11.5 Å². The molecule has 26 heavy (non-hydrogen) atoms. The molecule has 4 rings (SSSR count). The van der Waals surface area contributed by atoms with Crippen molar-refractivity contribution in [2.45, 2.75) is 32.4 Å². The Morgan fingerprint density at radius 2 is 2.00 bits per heavy atom. The van der Waals surface area contributed by atoms with Gasteiger partial charge in [0.05, 0.1) is 37.3 Å². The molecule has 0 saturated carbocycles. The van der Waals surface area contributed by atoms with Gasteiger partial charge in [0.25, 0.3) is 0 Å². The highest BCUT2D eigenvalue weighted by molar-refractivity contribution is 5.79. The van der Waals surface area contributed by atoms with Gasteiger partial charge in [-0.05, 0) is 23.8 Å². The summed E-state index contributed by atoms with van der Waals surface area (Å²) < 4.78 is 12.5. The Hall–Kier alpha value is -3.03. The smallest absolute Gasteiger partial charge is 0.303 e. The fourth-order valence-electron chi connectivity index (χ4n) is 3.23. The summed E-state index contributed by atoms with van der Waals surface area (Å²) in [7, 11) is 0. The number of hydrogen-bond acceptors (Lipinski definition) is 5. The second kappa shape index (κ2) is 6.70. The second-order valence-electron chi connectivity index (χ2n) is 6.42. The fraction of sp³-hybridized carbons (Fsp3) is 0.389. The molecule has 2 aliphatic rings. The highest BCUT2D eigenvalue weighted by Gasteiger charge is 2.23. The Bertz CT molecular complexity index is 861. The van der Waals surface area contributed by atoms with Gasteiger partial charge in [-0.25, -0.2) is 0 Å². The molecule has 0 unspecified atom stereocenters. The first kappa shape index (κ1) is 16.4. The summed E-state index contributed by atoms with van der Waals surface area (Å²) in [4.78, 5) is 25.2. The summed E-state index contributed by atoms with van der Waals surface area (Å²) in [6.07, 6.45) is 0.764. The summed E-state index contributed by atoms with van der Waals surface area (Å²) >= 11 is 0. The summed E-state index contributed by atoms with van der Waals surface area (Å²) in [5, 5.41) is 13.2. The van der Waals surface area contributed by atoms with Crippen molar-refractivity contribution >= 4 is 11.9 Å². The van der Waals surface area contributed by atoms with Crippen LogP contribution in [0.1, 0.15) is 23.4 Å². The lowest BCUT2D eigenvalue weighted by molar-refractivity contribution is -0.137. The highest BCUT2D eigenvalue weighted by Crippen LogP contribution is 2.32. The van der Waals surface area contributed by atoms with Crippen molar-refractivity contribution in [1.29, 1.82) is 0 Å². The monoisotopic (exact) mass is 357 g/mol. The molecule has 0 bridgehead atoms. The van der Waals surface area contributed by atoms with Crippen LogP contribution in [0, 0.1) is 0 Å². The van der Waals surface area contributed by atoms with Gasteiger partial charge < -0.3 is 19.5 Å². The number of benzene rings is 1. The van der Waals surface area contributed by atoms with Crippen LogP contribution in [0.15, 0.2) is 24.3 Å². The maximum Gasteiger partial charge on any atom is 0.303 e. The molecule has 0 radical (unpaired) electrons. The van der Waals surface area contributed by atoms with Gasteiger partial charge in [0, 0.05) is 13.0 Å². The average Bonchev–Trinajstić information content (AvgIpc) is 3.24.